The number of esters is 1. The van der Waals surface area contributed by atoms with Crippen LogP contribution in [-0.4, -0.2) is 25.3 Å². The van der Waals surface area contributed by atoms with Gasteiger partial charge in [-0.1, -0.05) is 48.6 Å². The molecule has 0 amide bonds. The van der Waals surface area contributed by atoms with Crippen molar-refractivity contribution >= 4 is 12.0 Å². The first-order chi connectivity index (χ1) is 8.34. The lowest BCUT2D eigenvalue weighted by Crippen LogP contribution is -2.06. The molecule has 0 saturated carbocycles. The van der Waals surface area contributed by atoms with Crippen molar-refractivity contribution in [3.05, 3.63) is 54.1 Å². The van der Waals surface area contributed by atoms with Gasteiger partial charge < -0.3 is 9.47 Å². The van der Waals surface area contributed by atoms with E-state index in [4.69, 9.17) is 9.47 Å². The van der Waals surface area contributed by atoms with E-state index in [1.165, 1.54) is 6.08 Å². The first-order valence-corrected chi connectivity index (χ1v) is 5.53. The zero-order valence-electron chi connectivity index (χ0n) is 9.41. The average molecular weight is 230 g/mol. The molecule has 0 spiro atoms. The fourth-order valence-electron chi connectivity index (χ4n) is 1.25. The molecule has 0 radical (unpaired) electrons. The minimum atomic E-state index is -0.335. The zero-order chi connectivity index (χ0) is 11.9. The first-order valence-electron chi connectivity index (χ1n) is 5.53. The number of benzene rings is 1. The molecule has 1 fully saturated rings. The average Bonchev–Trinajstić information content (AvgIpc) is 3.17. The van der Waals surface area contributed by atoms with Crippen molar-refractivity contribution in [2.24, 2.45) is 0 Å². The van der Waals surface area contributed by atoms with Gasteiger partial charge in [-0.15, -0.1) is 0 Å². The standard InChI is InChI=1S/C14H14O3/c15-14(17-11-13-10-16-13)9-5-4-8-12-6-2-1-3-7-12/h1-9,13H,10-11H2/b8-4+,9-5-. The van der Waals surface area contributed by atoms with Crippen molar-refractivity contribution in [2.45, 2.75) is 6.10 Å². The Labute approximate surface area is 100 Å². The molecule has 0 aromatic heterocycles. The SMILES string of the molecule is O=C(/C=C\C=C\c1ccccc1)OCC1CO1. The Morgan fingerprint density at radius 1 is 1.35 bits per heavy atom. The molecule has 0 N–H and O–H groups in total. The van der Waals surface area contributed by atoms with Crippen molar-refractivity contribution in [3.63, 3.8) is 0 Å². The molecule has 0 bridgehead atoms. The molecular formula is C14H14O3. The highest BCUT2D eigenvalue weighted by Gasteiger charge is 2.23. The van der Waals surface area contributed by atoms with Crippen LogP contribution in [0.1, 0.15) is 5.56 Å². The maximum absolute atomic E-state index is 11.2. The number of ether oxygens (including phenoxy) is 2. The van der Waals surface area contributed by atoms with E-state index in [-0.39, 0.29) is 12.1 Å². The van der Waals surface area contributed by atoms with Crippen LogP contribution in [0, 0.1) is 0 Å². The monoisotopic (exact) mass is 230 g/mol. The Bertz CT molecular complexity index is 416. The predicted molar refractivity (Wildman–Crippen MR) is 65.3 cm³/mol. The molecule has 1 heterocycles. The van der Waals surface area contributed by atoms with Crippen LogP contribution >= 0.6 is 0 Å². The number of hydrogen-bond acceptors (Lipinski definition) is 3. The summed E-state index contributed by atoms with van der Waals surface area (Å²) in [5.74, 6) is -0.335. The molecule has 1 aliphatic heterocycles. The molecule has 88 valence electrons. The van der Waals surface area contributed by atoms with E-state index < -0.39 is 0 Å². The zero-order valence-corrected chi connectivity index (χ0v) is 9.41. The van der Waals surface area contributed by atoms with Crippen molar-refractivity contribution < 1.29 is 14.3 Å². The summed E-state index contributed by atoms with van der Waals surface area (Å²) in [6.45, 7) is 1.05. The van der Waals surface area contributed by atoms with Gasteiger partial charge in [-0.2, -0.15) is 0 Å². The molecule has 1 aromatic rings. The van der Waals surface area contributed by atoms with Crippen molar-refractivity contribution in [1.82, 2.24) is 0 Å². The summed E-state index contributed by atoms with van der Waals surface area (Å²) >= 11 is 0. The topological polar surface area (TPSA) is 38.8 Å². The third kappa shape index (κ3) is 4.66. The Balaban J connectivity index is 1.72. The van der Waals surface area contributed by atoms with E-state index in [2.05, 4.69) is 0 Å². The lowest BCUT2D eigenvalue weighted by molar-refractivity contribution is -0.138. The number of epoxide rings is 1. The molecule has 3 heteroatoms. The highest BCUT2D eigenvalue weighted by atomic mass is 16.6. The number of allylic oxidation sites excluding steroid dienone is 2. The predicted octanol–water partition coefficient (Wildman–Crippen LogP) is 2.20. The third-order valence-electron chi connectivity index (χ3n) is 2.25. The van der Waals surface area contributed by atoms with Crippen LogP contribution in [0.3, 0.4) is 0 Å². The van der Waals surface area contributed by atoms with Gasteiger partial charge in [0.25, 0.3) is 0 Å². The number of carbonyl (C=O) groups excluding carboxylic acids is 1. The normalized spacial score (nSPS) is 18.7. The van der Waals surface area contributed by atoms with Gasteiger partial charge in [-0.05, 0) is 5.56 Å². The van der Waals surface area contributed by atoms with Gasteiger partial charge in [0, 0.05) is 6.08 Å². The quantitative estimate of drug-likeness (QED) is 0.337. The lowest BCUT2D eigenvalue weighted by Gasteiger charge is -1.95. The molecule has 17 heavy (non-hydrogen) atoms. The van der Waals surface area contributed by atoms with Gasteiger partial charge in [0.05, 0.1) is 6.61 Å². The van der Waals surface area contributed by atoms with Gasteiger partial charge >= 0.3 is 5.97 Å². The van der Waals surface area contributed by atoms with Gasteiger partial charge in [-0.25, -0.2) is 4.79 Å². The summed E-state index contributed by atoms with van der Waals surface area (Å²) in [7, 11) is 0. The van der Waals surface area contributed by atoms with Crippen LogP contribution in [0.4, 0.5) is 0 Å². The van der Waals surface area contributed by atoms with E-state index in [0.717, 1.165) is 5.56 Å². The summed E-state index contributed by atoms with van der Waals surface area (Å²) in [5, 5.41) is 0. The minimum absolute atomic E-state index is 0.118. The molecule has 1 atom stereocenters. The molecule has 1 saturated heterocycles. The van der Waals surface area contributed by atoms with Crippen LogP contribution in [0.5, 0.6) is 0 Å². The second-order valence-electron chi connectivity index (χ2n) is 3.71. The fourth-order valence-corrected chi connectivity index (χ4v) is 1.25. The highest BCUT2D eigenvalue weighted by molar-refractivity contribution is 5.82. The van der Waals surface area contributed by atoms with E-state index in [1.807, 2.05) is 42.5 Å². The maximum atomic E-state index is 11.2. The first kappa shape index (κ1) is 11.6. The Morgan fingerprint density at radius 3 is 2.82 bits per heavy atom. The summed E-state index contributed by atoms with van der Waals surface area (Å²) in [6, 6.07) is 9.88. The van der Waals surface area contributed by atoms with Crippen LogP contribution in [-0.2, 0) is 14.3 Å². The van der Waals surface area contributed by atoms with Crippen LogP contribution in [0.25, 0.3) is 6.08 Å². The Morgan fingerprint density at radius 2 is 2.12 bits per heavy atom. The molecule has 1 aromatic carbocycles. The number of carbonyl (C=O) groups is 1. The second-order valence-corrected chi connectivity index (χ2v) is 3.71. The maximum Gasteiger partial charge on any atom is 0.330 e. The minimum Gasteiger partial charge on any atom is -0.460 e. The van der Waals surface area contributed by atoms with E-state index >= 15 is 0 Å². The molecule has 1 aliphatic rings. The van der Waals surface area contributed by atoms with Gasteiger partial charge in [0.1, 0.15) is 12.7 Å². The second kappa shape index (κ2) is 6.01. The van der Waals surface area contributed by atoms with Crippen molar-refractivity contribution in [3.8, 4) is 0 Å². The van der Waals surface area contributed by atoms with Gasteiger partial charge in [0.15, 0.2) is 0 Å². The molecule has 3 nitrogen and oxygen atoms in total. The molecular weight excluding hydrogens is 216 g/mol. The number of hydrogen-bond donors (Lipinski definition) is 0. The lowest BCUT2D eigenvalue weighted by atomic mass is 10.2. The van der Waals surface area contributed by atoms with E-state index in [1.54, 1.807) is 6.08 Å². The van der Waals surface area contributed by atoms with Crippen LogP contribution < -0.4 is 0 Å². The van der Waals surface area contributed by atoms with Gasteiger partial charge in [0.2, 0.25) is 0 Å². The van der Waals surface area contributed by atoms with Gasteiger partial charge in [-0.3, -0.25) is 0 Å². The van der Waals surface area contributed by atoms with E-state index in [9.17, 15) is 4.79 Å². The molecule has 0 aliphatic carbocycles. The summed E-state index contributed by atoms with van der Waals surface area (Å²) in [4.78, 5) is 11.2. The fraction of sp³-hybridized carbons (Fsp3) is 0.214. The third-order valence-corrected chi connectivity index (χ3v) is 2.25. The van der Waals surface area contributed by atoms with Crippen molar-refractivity contribution in [1.29, 1.82) is 0 Å². The van der Waals surface area contributed by atoms with Crippen molar-refractivity contribution in [2.75, 3.05) is 13.2 Å². The molecule has 1 unspecified atom stereocenters. The largest absolute Gasteiger partial charge is 0.460 e. The van der Waals surface area contributed by atoms with E-state index in [0.29, 0.717) is 13.2 Å². The Kier molecular flexibility index (Phi) is 4.11. The molecule has 2 rings (SSSR count). The highest BCUT2D eigenvalue weighted by Crippen LogP contribution is 2.08. The summed E-state index contributed by atoms with van der Waals surface area (Å²) in [6.07, 6.45) is 6.93. The van der Waals surface area contributed by atoms with Crippen LogP contribution in [0.2, 0.25) is 0 Å². The summed E-state index contributed by atoms with van der Waals surface area (Å²) in [5.41, 5.74) is 1.09. The smallest absolute Gasteiger partial charge is 0.330 e. The number of rotatable bonds is 5. The Hall–Kier alpha value is -1.87. The van der Waals surface area contributed by atoms with Crippen LogP contribution in [0.15, 0.2) is 48.6 Å². The summed E-state index contributed by atoms with van der Waals surface area (Å²) < 4.78 is 9.86.